The molecule has 0 bridgehead atoms. The number of hydrogen-bond donors (Lipinski definition) is 1. The van der Waals surface area contributed by atoms with Crippen LogP contribution < -0.4 is 14.8 Å². The normalized spacial score (nSPS) is 14.1. The second-order valence-corrected chi connectivity index (χ2v) is 6.93. The number of carbonyl (C=O) groups excluding carboxylic acids is 2. The smallest absolute Gasteiger partial charge is 0.271 e. The van der Waals surface area contributed by atoms with Crippen LogP contribution in [0.25, 0.3) is 0 Å². The van der Waals surface area contributed by atoms with Crippen LogP contribution in [0.15, 0.2) is 42.5 Å². The highest BCUT2D eigenvalue weighted by Crippen LogP contribution is 2.29. The molecule has 0 radical (unpaired) electrons. The minimum Gasteiger partial charge on any atom is -0.493 e. The molecule has 2 amide bonds. The van der Waals surface area contributed by atoms with Crippen molar-refractivity contribution < 1.29 is 24.0 Å². The molecule has 0 saturated carbocycles. The van der Waals surface area contributed by atoms with Crippen molar-refractivity contribution in [3.63, 3.8) is 0 Å². The van der Waals surface area contributed by atoms with Crippen molar-refractivity contribution in [2.45, 2.75) is 12.8 Å². The summed E-state index contributed by atoms with van der Waals surface area (Å²) in [4.78, 5) is 37.4. The van der Waals surface area contributed by atoms with Gasteiger partial charge in [0.05, 0.1) is 19.1 Å². The number of nitro groups is 1. The molecular formula is C21H23N3O6. The lowest BCUT2D eigenvalue weighted by Crippen LogP contribution is -2.41. The summed E-state index contributed by atoms with van der Waals surface area (Å²) in [7, 11) is 3.04. The van der Waals surface area contributed by atoms with Gasteiger partial charge in [0.1, 0.15) is 0 Å². The summed E-state index contributed by atoms with van der Waals surface area (Å²) in [6, 6.07) is 10.8. The van der Waals surface area contributed by atoms with Gasteiger partial charge in [0.15, 0.2) is 11.5 Å². The Morgan fingerprint density at radius 3 is 2.40 bits per heavy atom. The van der Waals surface area contributed by atoms with E-state index in [-0.39, 0.29) is 23.4 Å². The fraction of sp³-hybridized carbons (Fsp3) is 0.333. The van der Waals surface area contributed by atoms with Crippen LogP contribution in [0.1, 0.15) is 23.2 Å². The van der Waals surface area contributed by atoms with E-state index in [0.717, 1.165) is 0 Å². The summed E-state index contributed by atoms with van der Waals surface area (Å²) in [5.41, 5.74) is 0.799. The van der Waals surface area contributed by atoms with Gasteiger partial charge in [-0.05, 0) is 37.1 Å². The van der Waals surface area contributed by atoms with E-state index < -0.39 is 4.92 Å². The molecule has 3 rings (SSSR count). The molecule has 30 heavy (non-hydrogen) atoms. The van der Waals surface area contributed by atoms with E-state index in [9.17, 15) is 19.7 Å². The first-order valence-electron chi connectivity index (χ1n) is 9.49. The Kier molecular flexibility index (Phi) is 6.51. The maximum Gasteiger partial charge on any atom is 0.271 e. The minimum absolute atomic E-state index is 0.0804. The Bertz CT molecular complexity index is 954. The van der Waals surface area contributed by atoms with Gasteiger partial charge in [-0.1, -0.05) is 6.07 Å². The number of benzene rings is 2. The average molecular weight is 413 g/mol. The Hall–Kier alpha value is -3.62. The largest absolute Gasteiger partial charge is 0.493 e. The van der Waals surface area contributed by atoms with Crippen LogP contribution in [0.3, 0.4) is 0 Å². The van der Waals surface area contributed by atoms with E-state index in [0.29, 0.717) is 48.7 Å². The number of piperidine rings is 1. The molecule has 0 atom stereocenters. The topological polar surface area (TPSA) is 111 Å². The number of nitrogens with zero attached hydrogens (tertiary/aromatic N) is 2. The third-order valence-corrected chi connectivity index (χ3v) is 5.11. The molecule has 0 spiro atoms. The lowest BCUT2D eigenvalue weighted by atomic mass is 9.95. The third-order valence-electron chi connectivity index (χ3n) is 5.11. The number of likely N-dealkylation sites (tertiary alicyclic amines) is 1. The fourth-order valence-corrected chi connectivity index (χ4v) is 3.44. The van der Waals surface area contributed by atoms with Crippen LogP contribution in [0.4, 0.5) is 11.4 Å². The van der Waals surface area contributed by atoms with Crippen molar-refractivity contribution in [1.29, 1.82) is 0 Å². The summed E-state index contributed by atoms with van der Waals surface area (Å²) in [5, 5.41) is 13.6. The number of hydrogen-bond acceptors (Lipinski definition) is 6. The maximum absolute atomic E-state index is 12.8. The molecule has 158 valence electrons. The third kappa shape index (κ3) is 4.68. The van der Waals surface area contributed by atoms with Crippen LogP contribution in [-0.2, 0) is 4.79 Å². The lowest BCUT2D eigenvalue weighted by Gasteiger charge is -2.31. The molecule has 1 aliphatic rings. The van der Waals surface area contributed by atoms with Gasteiger partial charge in [-0.2, -0.15) is 0 Å². The van der Waals surface area contributed by atoms with Gasteiger partial charge in [0.25, 0.3) is 11.6 Å². The van der Waals surface area contributed by atoms with Gasteiger partial charge in [-0.3, -0.25) is 19.7 Å². The molecule has 9 heteroatoms. The van der Waals surface area contributed by atoms with Gasteiger partial charge in [0, 0.05) is 42.4 Å². The monoisotopic (exact) mass is 413 g/mol. The number of carbonyl (C=O) groups is 2. The number of nitrogens with one attached hydrogen (secondary N) is 1. The zero-order chi connectivity index (χ0) is 21.7. The van der Waals surface area contributed by atoms with Crippen LogP contribution in [0.2, 0.25) is 0 Å². The van der Waals surface area contributed by atoms with Crippen molar-refractivity contribution in [1.82, 2.24) is 4.90 Å². The summed E-state index contributed by atoms with van der Waals surface area (Å²) >= 11 is 0. The minimum atomic E-state index is -0.506. The molecule has 1 N–H and O–H groups in total. The Labute approximate surface area is 173 Å². The highest BCUT2D eigenvalue weighted by Gasteiger charge is 2.28. The molecule has 2 aromatic carbocycles. The number of non-ortho nitro benzene ring substituents is 1. The van der Waals surface area contributed by atoms with Gasteiger partial charge >= 0.3 is 0 Å². The zero-order valence-electron chi connectivity index (χ0n) is 16.8. The number of anilines is 1. The van der Waals surface area contributed by atoms with E-state index in [1.54, 1.807) is 29.2 Å². The molecule has 1 saturated heterocycles. The molecule has 0 aliphatic carbocycles. The molecule has 1 fully saturated rings. The van der Waals surface area contributed by atoms with Gasteiger partial charge in [0.2, 0.25) is 5.91 Å². The Morgan fingerprint density at radius 2 is 1.77 bits per heavy atom. The molecule has 0 unspecified atom stereocenters. The second-order valence-electron chi connectivity index (χ2n) is 6.93. The van der Waals surface area contributed by atoms with Crippen LogP contribution in [0.5, 0.6) is 11.5 Å². The number of ether oxygens (including phenoxy) is 2. The SMILES string of the molecule is COc1ccc(C(=O)N2CCC(C(=O)Nc3cccc([N+](=O)[O-])c3)CC2)cc1OC. The lowest BCUT2D eigenvalue weighted by molar-refractivity contribution is -0.384. The molecule has 2 aromatic rings. The Balaban J connectivity index is 1.59. The summed E-state index contributed by atoms with van der Waals surface area (Å²) < 4.78 is 10.4. The molecule has 0 aromatic heterocycles. The molecule has 1 heterocycles. The first-order valence-corrected chi connectivity index (χ1v) is 9.49. The van der Waals surface area contributed by atoms with Crippen LogP contribution in [0, 0.1) is 16.0 Å². The predicted octanol–water partition coefficient (Wildman–Crippen LogP) is 3.10. The van der Waals surface area contributed by atoms with E-state index in [2.05, 4.69) is 5.32 Å². The van der Waals surface area contributed by atoms with Crippen molar-refractivity contribution in [3.8, 4) is 11.5 Å². The number of nitro benzene ring substituents is 1. The summed E-state index contributed by atoms with van der Waals surface area (Å²) in [5.74, 6) is 0.432. The maximum atomic E-state index is 12.8. The first-order chi connectivity index (χ1) is 14.4. The standard InChI is InChI=1S/C21H23N3O6/c1-29-18-7-6-15(12-19(18)30-2)21(26)23-10-8-14(9-11-23)20(25)22-16-4-3-5-17(13-16)24(27)28/h3-7,12-14H,8-11H2,1-2H3,(H,22,25). The Morgan fingerprint density at radius 1 is 1.07 bits per heavy atom. The van der Waals surface area contributed by atoms with Crippen molar-refractivity contribution in [2.24, 2.45) is 5.92 Å². The molecule has 9 nitrogen and oxygen atoms in total. The fourth-order valence-electron chi connectivity index (χ4n) is 3.44. The second kappa shape index (κ2) is 9.25. The van der Waals surface area contributed by atoms with E-state index in [1.807, 2.05) is 0 Å². The quantitative estimate of drug-likeness (QED) is 0.575. The molecule has 1 aliphatic heterocycles. The zero-order valence-corrected chi connectivity index (χ0v) is 16.8. The summed E-state index contributed by atoms with van der Waals surface area (Å²) in [6.07, 6.45) is 1.03. The van der Waals surface area contributed by atoms with Crippen molar-refractivity contribution >= 4 is 23.2 Å². The van der Waals surface area contributed by atoms with Crippen LogP contribution in [-0.4, -0.2) is 48.9 Å². The van der Waals surface area contributed by atoms with Gasteiger partial charge in [-0.25, -0.2) is 0 Å². The summed E-state index contributed by atoms with van der Waals surface area (Å²) in [6.45, 7) is 0.889. The highest BCUT2D eigenvalue weighted by molar-refractivity contribution is 5.96. The predicted molar refractivity (Wildman–Crippen MR) is 110 cm³/mol. The first kappa shape index (κ1) is 21.1. The van der Waals surface area contributed by atoms with E-state index >= 15 is 0 Å². The van der Waals surface area contributed by atoms with Gasteiger partial charge in [-0.15, -0.1) is 0 Å². The average Bonchev–Trinajstić information content (AvgIpc) is 2.78. The highest BCUT2D eigenvalue weighted by atomic mass is 16.6. The number of amides is 2. The van der Waals surface area contributed by atoms with Crippen molar-refractivity contribution in [3.05, 3.63) is 58.1 Å². The number of rotatable bonds is 6. The van der Waals surface area contributed by atoms with Gasteiger partial charge < -0.3 is 19.7 Å². The van der Waals surface area contributed by atoms with E-state index in [1.165, 1.54) is 32.4 Å². The molecular weight excluding hydrogens is 390 g/mol. The number of methoxy groups -OCH3 is 2. The van der Waals surface area contributed by atoms with Crippen LogP contribution >= 0.6 is 0 Å². The van der Waals surface area contributed by atoms with E-state index in [4.69, 9.17) is 9.47 Å². The van der Waals surface area contributed by atoms with Crippen molar-refractivity contribution in [2.75, 3.05) is 32.6 Å².